The van der Waals surface area contributed by atoms with Gasteiger partial charge in [-0.3, -0.25) is 0 Å². The summed E-state index contributed by atoms with van der Waals surface area (Å²) >= 11 is 0. The highest BCUT2D eigenvalue weighted by Crippen LogP contribution is 2.23. The standard InChI is InChI=1S/C14H20N2O4/c1-8-5-9(2)12(11(6-8)13(18)19)15-14(20)16(4)7-10(3)17/h5-6,10,17H,7H2,1-4H3,(H,15,20)(H,18,19). The highest BCUT2D eigenvalue weighted by molar-refractivity contribution is 6.01. The molecule has 6 nitrogen and oxygen atoms in total. The SMILES string of the molecule is Cc1cc(C)c(NC(=O)N(C)CC(C)O)c(C(=O)O)c1. The van der Waals surface area contributed by atoms with Crippen LogP contribution in [0.5, 0.6) is 0 Å². The van der Waals surface area contributed by atoms with Gasteiger partial charge in [-0.25, -0.2) is 9.59 Å². The summed E-state index contributed by atoms with van der Waals surface area (Å²) in [6.45, 7) is 5.27. The molecule has 0 spiro atoms. The van der Waals surface area contributed by atoms with Crippen molar-refractivity contribution < 1.29 is 19.8 Å². The second-order valence-corrected chi connectivity index (χ2v) is 4.97. The number of aliphatic hydroxyl groups excluding tert-OH is 1. The Hall–Kier alpha value is -2.08. The number of carboxylic acid groups (broad SMARTS) is 1. The number of nitrogens with zero attached hydrogens (tertiary/aromatic N) is 1. The number of aliphatic hydroxyl groups is 1. The number of aryl methyl sites for hydroxylation is 2. The largest absolute Gasteiger partial charge is 0.478 e. The van der Waals surface area contributed by atoms with Crippen LogP contribution in [0.3, 0.4) is 0 Å². The van der Waals surface area contributed by atoms with Crippen LogP contribution < -0.4 is 5.32 Å². The van der Waals surface area contributed by atoms with Crippen molar-refractivity contribution in [2.75, 3.05) is 18.9 Å². The Morgan fingerprint density at radius 3 is 2.45 bits per heavy atom. The second kappa shape index (κ2) is 6.38. The fourth-order valence-corrected chi connectivity index (χ4v) is 1.98. The Labute approximate surface area is 118 Å². The van der Waals surface area contributed by atoms with Crippen LogP contribution in [0, 0.1) is 13.8 Å². The van der Waals surface area contributed by atoms with Crippen LogP contribution in [-0.2, 0) is 0 Å². The Bertz CT molecular complexity index is 526. The smallest absolute Gasteiger partial charge is 0.337 e. The van der Waals surface area contributed by atoms with Gasteiger partial charge in [0.1, 0.15) is 0 Å². The molecule has 0 aromatic heterocycles. The molecule has 1 rings (SSSR count). The minimum Gasteiger partial charge on any atom is -0.478 e. The van der Waals surface area contributed by atoms with Gasteiger partial charge in [0, 0.05) is 13.6 Å². The van der Waals surface area contributed by atoms with Gasteiger partial charge in [-0.15, -0.1) is 0 Å². The molecule has 0 aliphatic heterocycles. The summed E-state index contributed by atoms with van der Waals surface area (Å²) in [5, 5.41) is 21.0. The fraction of sp³-hybridized carbons (Fsp3) is 0.429. The minimum absolute atomic E-state index is 0.0568. The van der Waals surface area contributed by atoms with E-state index in [9.17, 15) is 19.8 Å². The van der Waals surface area contributed by atoms with Crippen LogP contribution in [0.4, 0.5) is 10.5 Å². The minimum atomic E-state index is -1.09. The third kappa shape index (κ3) is 3.96. The van der Waals surface area contributed by atoms with Gasteiger partial charge in [-0.1, -0.05) is 6.07 Å². The average molecular weight is 280 g/mol. The van der Waals surface area contributed by atoms with Crippen molar-refractivity contribution in [2.24, 2.45) is 0 Å². The number of carbonyl (C=O) groups excluding carboxylic acids is 1. The number of hydrogen-bond acceptors (Lipinski definition) is 3. The number of rotatable bonds is 4. The highest BCUT2D eigenvalue weighted by Gasteiger charge is 2.18. The fourth-order valence-electron chi connectivity index (χ4n) is 1.98. The van der Waals surface area contributed by atoms with E-state index in [1.807, 2.05) is 0 Å². The van der Waals surface area contributed by atoms with E-state index in [0.29, 0.717) is 5.56 Å². The number of aromatic carboxylic acids is 1. The van der Waals surface area contributed by atoms with Crippen LogP contribution in [-0.4, -0.2) is 46.8 Å². The zero-order valence-corrected chi connectivity index (χ0v) is 12.1. The number of amides is 2. The third-order valence-corrected chi connectivity index (χ3v) is 2.83. The van der Waals surface area contributed by atoms with Crippen LogP contribution in [0.1, 0.15) is 28.4 Å². The van der Waals surface area contributed by atoms with Crippen molar-refractivity contribution >= 4 is 17.7 Å². The van der Waals surface area contributed by atoms with Gasteiger partial charge < -0.3 is 20.4 Å². The molecular weight excluding hydrogens is 260 g/mol. The first kappa shape index (κ1) is 16.0. The number of benzene rings is 1. The van der Waals surface area contributed by atoms with Gasteiger partial charge in [0.2, 0.25) is 0 Å². The summed E-state index contributed by atoms with van der Waals surface area (Å²) in [7, 11) is 1.53. The molecule has 0 bridgehead atoms. The summed E-state index contributed by atoms with van der Waals surface area (Å²) < 4.78 is 0. The van der Waals surface area contributed by atoms with Gasteiger partial charge >= 0.3 is 12.0 Å². The van der Waals surface area contributed by atoms with Gasteiger partial charge in [0.05, 0.1) is 17.4 Å². The first-order chi connectivity index (χ1) is 9.22. The molecule has 0 saturated carbocycles. The zero-order valence-electron chi connectivity index (χ0n) is 12.1. The van der Waals surface area contributed by atoms with Gasteiger partial charge in [-0.05, 0) is 38.0 Å². The van der Waals surface area contributed by atoms with E-state index in [1.165, 1.54) is 18.0 Å². The predicted molar refractivity (Wildman–Crippen MR) is 76.2 cm³/mol. The van der Waals surface area contributed by atoms with E-state index < -0.39 is 18.1 Å². The van der Waals surface area contributed by atoms with Crippen LogP contribution in [0.15, 0.2) is 12.1 Å². The lowest BCUT2D eigenvalue weighted by atomic mass is 10.0. The first-order valence-electron chi connectivity index (χ1n) is 6.27. The Kier molecular flexibility index (Phi) is 5.10. The maximum absolute atomic E-state index is 12.0. The van der Waals surface area contributed by atoms with Crippen molar-refractivity contribution in [3.05, 3.63) is 28.8 Å². The molecule has 3 N–H and O–H groups in total. The number of carbonyl (C=O) groups is 2. The number of carboxylic acids is 1. The van der Waals surface area contributed by atoms with Crippen molar-refractivity contribution in [1.29, 1.82) is 0 Å². The van der Waals surface area contributed by atoms with E-state index in [-0.39, 0.29) is 17.8 Å². The Balaban J connectivity index is 3.03. The molecule has 0 heterocycles. The third-order valence-electron chi connectivity index (χ3n) is 2.83. The van der Waals surface area contributed by atoms with E-state index in [4.69, 9.17) is 0 Å². The topological polar surface area (TPSA) is 89.9 Å². The molecule has 2 amide bonds. The summed E-state index contributed by atoms with van der Waals surface area (Å²) in [6, 6.07) is 2.86. The number of urea groups is 1. The number of likely N-dealkylation sites (N-methyl/N-ethyl adjacent to an activating group) is 1. The van der Waals surface area contributed by atoms with Crippen molar-refractivity contribution in [3.63, 3.8) is 0 Å². The Morgan fingerprint density at radius 1 is 1.35 bits per heavy atom. The zero-order chi connectivity index (χ0) is 15.4. The summed E-state index contributed by atoms with van der Waals surface area (Å²) in [6.07, 6.45) is -0.649. The lowest BCUT2D eigenvalue weighted by Gasteiger charge is -2.21. The second-order valence-electron chi connectivity index (χ2n) is 4.97. The average Bonchev–Trinajstić information content (AvgIpc) is 2.30. The molecule has 0 saturated heterocycles. The quantitative estimate of drug-likeness (QED) is 0.785. The van der Waals surface area contributed by atoms with E-state index in [2.05, 4.69) is 5.32 Å². The molecule has 1 aromatic rings. The molecule has 1 unspecified atom stereocenters. The normalized spacial score (nSPS) is 11.8. The number of nitrogens with one attached hydrogen (secondary N) is 1. The lowest BCUT2D eigenvalue weighted by Crippen LogP contribution is -2.36. The van der Waals surface area contributed by atoms with E-state index in [0.717, 1.165) is 5.56 Å². The predicted octanol–water partition coefficient (Wildman–Crippen LogP) is 1.85. The summed E-state index contributed by atoms with van der Waals surface area (Å²) in [5.41, 5.74) is 1.84. The molecule has 0 aliphatic carbocycles. The van der Waals surface area contributed by atoms with Gasteiger partial charge in [0.25, 0.3) is 0 Å². The van der Waals surface area contributed by atoms with Gasteiger partial charge in [-0.2, -0.15) is 0 Å². The van der Waals surface area contributed by atoms with Crippen LogP contribution in [0.2, 0.25) is 0 Å². The molecule has 0 radical (unpaired) electrons. The van der Waals surface area contributed by atoms with E-state index in [1.54, 1.807) is 26.8 Å². The number of anilines is 1. The Morgan fingerprint density at radius 2 is 1.95 bits per heavy atom. The van der Waals surface area contributed by atoms with Crippen LogP contribution >= 0.6 is 0 Å². The molecule has 6 heteroatoms. The van der Waals surface area contributed by atoms with Crippen molar-refractivity contribution in [1.82, 2.24) is 4.90 Å². The summed E-state index contributed by atoms with van der Waals surface area (Å²) in [5.74, 6) is -1.09. The van der Waals surface area contributed by atoms with Crippen molar-refractivity contribution in [3.8, 4) is 0 Å². The molecule has 0 aliphatic rings. The maximum Gasteiger partial charge on any atom is 0.337 e. The molecule has 0 fully saturated rings. The first-order valence-corrected chi connectivity index (χ1v) is 6.27. The number of hydrogen-bond donors (Lipinski definition) is 3. The van der Waals surface area contributed by atoms with Crippen LogP contribution in [0.25, 0.3) is 0 Å². The lowest BCUT2D eigenvalue weighted by molar-refractivity contribution is 0.0697. The summed E-state index contributed by atoms with van der Waals surface area (Å²) in [4.78, 5) is 24.5. The molecule has 1 atom stereocenters. The van der Waals surface area contributed by atoms with E-state index >= 15 is 0 Å². The monoisotopic (exact) mass is 280 g/mol. The van der Waals surface area contributed by atoms with Crippen molar-refractivity contribution in [2.45, 2.75) is 26.9 Å². The maximum atomic E-state index is 12.0. The molecular formula is C14H20N2O4. The molecule has 1 aromatic carbocycles. The molecule has 110 valence electrons. The van der Waals surface area contributed by atoms with Gasteiger partial charge in [0.15, 0.2) is 0 Å². The molecule has 20 heavy (non-hydrogen) atoms. The highest BCUT2D eigenvalue weighted by atomic mass is 16.4.